The second-order valence-electron chi connectivity index (χ2n) is 8.13. The summed E-state index contributed by atoms with van der Waals surface area (Å²) in [6, 6.07) is 10.4. The summed E-state index contributed by atoms with van der Waals surface area (Å²) in [7, 11) is 0. The molecule has 1 fully saturated rings. The van der Waals surface area contributed by atoms with Crippen molar-refractivity contribution in [3.05, 3.63) is 63.6 Å². The lowest BCUT2D eigenvalue weighted by Gasteiger charge is -2.26. The Morgan fingerprint density at radius 3 is 2.22 bits per heavy atom. The normalized spacial score (nSPS) is 16.8. The molecule has 1 saturated carbocycles. The minimum Gasteiger partial charge on any atom is -0.481 e. The lowest BCUT2D eigenvalue weighted by Crippen LogP contribution is -2.34. The van der Waals surface area contributed by atoms with Gasteiger partial charge < -0.3 is 10.4 Å². The minimum atomic E-state index is -4.61. The average molecular weight is 488 g/mol. The number of amides is 1. The number of alkyl halides is 3. The molecule has 3 atom stereocenters. The third-order valence-electron chi connectivity index (χ3n) is 5.79. The molecule has 0 aliphatic heterocycles. The fourth-order valence-electron chi connectivity index (χ4n) is 3.85. The number of carboxylic acids is 1. The molecule has 0 aromatic heterocycles. The van der Waals surface area contributed by atoms with E-state index in [9.17, 15) is 27.9 Å². The predicted molar refractivity (Wildman–Crippen MR) is 117 cm³/mol. The Morgan fingerprint density at radius 1 is 1.09 bits per heavy atom. The van der Waals surface area contributed by atoms with Crippen molar-refractivity contribution in [2.45, 2.75) is 44.2 Å². The van der Waals surface area contributed by atoms with Gasteiger partial charge in [-0.2, -0.15) is 13.2 Å². The summed E-state index contributed by atoms with van der Waals surface area (Å²) in [5, 5.41) is 12.3. The van der Waals surface area contributed by atoms with Gasteiger partial charge in [0.2, 0.25) is 5.91 Å². The second-order valence-corrected chi connectivity index (χ2v) is 8.97. The lowest BCUT2D eigenvalue weighted by atomic mass is 9.85. The van der Waals surface area contributed by atoms with E-state index in [0.717, 1.165) is 19.8 Å². The van der Waals surface area contributed by atoms with Gasteiger partial charge in [-0.15, -0.1) is 0 Å². The number of carbonyl (C=O) groups excluding carboxylic acids is 1. The molecule has 1 amide bonds. The predicted octanol–water partition coefficient (Wildman–Crippen LogP) is 6.88. The molecule has 2 aromatic rings. The molecule has 0 unspecified atom stereocenters. The van der Waals surface area contributed by atoms with Crippen LogP contribution in [0.3, 0.4) is 0 Å². The number of nitrogens with one attached hydrogen (secondary N) is 1. The van der Waals surface area contributed by atoms with E-state index >= 15 is 0 Å². The van der Waals surface area contributed by atoms with Crippen LogP contribution in [0.1, 0.15) is 49.1 Å². The van der Waals surface area contributed by atoms with E-state index < -0.39 is 29.9 Å². The third-order valence-corrected chi connectivity index (χ3v) is 6.37. The first-order valence-corrected chi connectivity index (χ1v) is 10.9. The topological polar surface area (TPSA) is 66.4 Å². The van der Waals surface area contributed by atoms with E-state index in [0.29, 0.717) is 10.6 Å². The molecule has 9 heteroatoms. The van der Waals surface area contributed by atoms with Gasteiger partial charge in [-0.25, -0.2) is 0 Å². The molecule has 3 rings (SSSR count). The largest absolute Gasteiger partial charge is 0.481 e. The number of halogens is 5. The van der Waals surface area contributed by atoms with E-state index in [-0.39, 0.29) is 34.5 Å². The van der Waals surface area contributed by atoms with E-state index in [2.05, 4.69) is 5.32 Å². The molecule has 0 heterocycles. The summed E-state index contributed by atoms with van der Waals surface area (Å²) in [6.45, 7) is 0.951. The van der Waals surface area contributed by atoms with Crippen molar-refractivity contribution in [1.29, 1.82) is 0 Å². The molecule has 2 N–H and O–H groups in total. The zero-order chi connectivity index (χ0) is 23.6. The number of anilines is 1. The van der Waals surface area contributed by atoms with Crippen LogP contribution in [0.5, 0.6) is 0 Å². The average Bonchev–Trinajstić information content (AvgIpc) is 3.54. The van der Waals surface area contributed by atoms with Crippen LogP contribution in [0, 0.1) is 11.8 Å². The molecule has 32 heavy (non-hydrogen) atoms. The zero-order valence-electron chi connectivity index (χ0n) is 17.1. The number of carbonyl (C=O) groups is 2. The van der Waals surface area contributed by atoms with E-state index in [4.69, 9.17) is 23.2 Å². The fraction of sp³-hybridized carbons (Fsp3) is 0.391. The highest BCUT2D eigenvalue weighted by molar-refractivity contribution is 6.33. The zero-order valence-corrected chi connectivity index (χ0v) is 18.6. The van der Waals surface area contributed by atoms with Crippen molar-refractivity contribution in [2.24, 2.45) is 11.8 Å². The molecule has 0 spiro atoms. The van der Waals surface area contributed by atoms with Crippen LogP contribution in [0.4, 0.5) is 18.9 Å². The Balaban J connectivity index is 1.91. The molecular formula is C23H22Cl2F3NO3. The second kappa shape index (κ2) is 9.71. The maximum absolute atomic E-state index is 13.5. The summed E-state index contributed by atoms with van der Waals surface area (Å²) < 4.78 is 40.6. The monoisotopic (exact) mass is 487 g/mol. The summed E-state index contributed by atoms with van der Waals surface area (Å²) in [4.78, 5) is 24.3. The minimum absolute atomic E-state index is 0.0712. The number of hydrogen-bond donors (Lipinski definition) is 2. The van der Waals surface area contributed by atoms with E-state index in [1.54, 1.807) is 12.1 Å². The molecule has 0 bridgehead atoms. The molecule has 1 aliphatic rings. The van der Waals surface area contributed by atoms with Crippen LogP contribution in [0.15, 0.2) is 42.5 Å². The van der Waals surface area contributed by atoms with Gasteiger partial charge in [0.05, 0.1) is 29.0 Å². The Labute approximate surface area is 193 Å². The van der Waals surface area contributed by atoms with Crippen LogP contribution in [0.25, 0.3) is 0 Å². The van der Waals surface area contributed by atoms with Crippen molar-refractivity contribution in [3.8, 4) is 0 Å². The first-order valence-electron chi connectivity index (χ1n) is 10.1. The number of aliphatic carboxylic acids is 1. The van der Waals surface area contributed by atoms with Crippen molar-refractivity contribution in [2.75, 3.05) is 5.32 Å². The van der Waals surface area contributed by atoms with Gasteiger partial charge in [0.1, 0.15) is 0 Å². The molecule has 172 valence electrons. The molecule has 4 nitrogen and oxygen atoms in total. The number of rotatable bonds is 8. The van der Waals surface area contributed by atoms with Crippen LogP contribution in [0.2, 0.25) is 10.0 Å². The maximum Gasteiger partial charge on any atom is 0.392 e. The standard InChI is InChI=1S/C23H22Cl2F3NO3/c1-12(23(26,27)28)21(14-4-7-16(24)8-5-14)22(32)29-19-10-15(6-9-18(19)25)17(11-20(30)31)13-2-3-13/h4-10,12-13,17,21H,2-3,11H2,1H3,(H,29,32)(H,30,31)/t12-,17+,21-/m1/s1. The van der Waals surface area contributed by atoms with E-state index in [1.807, 2.05) is 0 Å². The quantitative estimate of drug-likeness (QED) is 0.426. The Kier molecular flexibility index (Phi) is 7.40. The molecule has 2 aromatic carbocycles. The summed E-state index contributed by atoms with van der Waals surface area (Å²) in [5.41, 5.74) is 1.01. The van der Waals surface area contributed by atoms with Crippen molar-refractivity contribution in [1.82, 2.24) is 0 Å². The Hall–Kier alpha value is -2.25. The first-order chi connectivity index (χ1) is 15.0. The molecule has 1 aliphatic carbocycles. The van der Waals surface area contributed by atoms with Crippen molar-refractivity contribution >= 4 is 40.8 Å². The van der Waals surface area contributed by atoms with Gasteiger partial charge in [-0.3, -0.25) is 9.59 Å². The highest BCUT2D eigenvalue weighted by atomic mass is 35.5. The van der Waals surface area contributed by atoms with Gasteiger partial charge >= 0.3 is 12.1 Å². The van der Waals surface area contributed by atoms with Crippen molar-refractivity contribution in [3.63, 3.8) is 0 Å². The van der Waals surface area contributed by atoms with Crippen LogP contribution in [-0.2, 0) is 9.59 Å². The summed E-state index contributed by atoms with van der Waals surface area (Å²) in [5.74, 6) is -5.31. The lowest BCUT2D eigenvalue weighted by molar-refractivity contribution is -0.178. The Bertz CT molecular complexity index is 991. The van der Waals surface area contributed by atoms with Crippen LogP contribution in [-0.4, -0.2) is 23.2 Å². The number of carboxylic acid groups (broad SMARTS) is 1. The van der Waals surface area contributed by atoms with Gasteiger partial charge in [-0.1, -0.05) is 48.3 Å². The van der Waals surface area contributed by atoms with E-state index in [1.165, 1.54) is 30.3 Å². The van der Waals surface area contributed by atoms with Gasteiger partial charge in [0.15, 0.2) is 0 Å². The molecular weight excluding hydrogens is 466 g/mol. The highest BCUT2D eigenvalue weighted by Crippen LogP contribution is 2.46. The molecule has 0 saturated heterocycles. The number of benzene rings is 2. The first kappa shape index (κ1) is 24.4. The molecule has 0 radical (unpaired) electrons. The summed E-state index contributed by atoms with van der Waals surface area (Å²) >= 11 is 12.1. The third kappa shape index (κ3) is 5.95. The SMILES string of the molecule is C[C@H]([C@@H](C(=O)Nc1cc([C@@H](CC(=O)O)C2CC2)ccc1Cl)c1ccc(Cl)cc1)C(F)(F)F. The van der Waals surface area contributed by atoms with Crippen molar-refractivity contribution < 1.29 is 27.9 Å². The smallest absolute Gasteiger partial charge is 0.392 e. The maximum atomic E-state index is 13.5. The van der Waals surface area contributed by atoms with Gasteiger partial charge in [0, 0.05) is 5.02 Å². The van der Waals surface area contributed by atoms with Gasteiger partial charge in [-0.05, 0) is 60.1 Å². The summed E-state index contributed by atoms with van der Waals surface area (Å²) in [6.07, 6.45) is -2.86. The highest BCUT2D eigenvalue weighted by Gasteiger charge is 2.45. The number of hydrogen-bond acceptors (Lipinski definition) is 2. The van der Waals surface area contributed by atoms with Crippen LogP contribution < -0.4 is 5.32 Å². The van der Waals surface area contributed by atoms with Crippen LogP contribution >= 0.6 is 23.2 Å². The Morgan fingerprint density at radius 2 is 1.69 bits per heavy atom. The fourth-order valence-corrected chi connectivity index (χ4v) is 4.14. The van der Waals surface area contributed by atoms with Gasteiger partial charge in [0.25, 0.3) is 0 Å².